The summed E-state index contributed by atoms with van der Waals surface area (Å²) in [4.78, 5) is 15.2. The molecule has 2 rings (SSSR count). The number of ether oxygens (including phenoxy) is 2. The van der Waals surface area contributed by atoms with E-state index in [0.29, 0.717) is 19.0 Å². The molecule has 0 saturated carbocycles. The van der Waals surface area contributed by atoms with Crippen molar-refractivity contribution >= 4 is 11.5 Å². The Balaban J connectivity index is 1.92. The highest BCUT2D eigenvalue weighted by Gasteiger charge is 2.24. The Kier molecular flexibility index (Phi) is 5.13. The van der Waals surface area contributed by atoms with Crippen molar-refractivity contribution in [3.63, 3.8) is 0 Å². The summed E-state index contributed by atoms with van der Waals surface area (Å²) in [5.41, 5.74) is 0.0365. The average Bonchev–Trinajstić information content (AvgIpc) is 2.55. The van der Waals surface area contributed by atoms with Crippen molar-refractivity contribution in [2.45, 2.75) is 0 Å². The zero-order valence-corrected chi connectivity index (χ0v) is 12.5. The molecule has 22 heavy (non-hydrogen) atoms. The molecule has 2 aromatic rings. The molecule has 0 radical (unpaired) electrons. The lowest BCUT2D eigenvalue weighted by Gasteiger charge is -2.12. The van der Waals surface area contributed by atoms with Gasteiger partial charge in [-0.1, -0.05) is 0 Å². The van der Waals surface area contributed by atoms with Gasteiger partial charge in [0.1, 0.15) is 24.7 Å². The molecule has 1 N–H and O–H groups in total. The van der Waals surface area contributed by atoms with E-state index < -0.39 is 4.92 Å². The van der Waals surface area contributed by atoms with Gasteiger partial charge in [-0.3, -0.25) is 15.0 Å². The number of anilines is 1. The molecule has 0 atom stereocenters. The molecule has 1 heterocycles. The lowest BCUT2D eigenvalue weighted by atomic mass is 10.3. The molecular weight excluding hydrogens is 286 g/mol. The van der Waals surface area contributed by atoms with Crippen molar-refractivity contribution in [2.24, 2.45) is 0 Å². The second-order valence-electron chi connectivity index (χ2n) is 4.61. The fourth-order valence-corrected chi connectivity index (χ4v) is 1.96. The third kappa shape index (κ3) is 3.85. The second kappa shape index (κ2) is 7.26. The maximum Gasteiger partial charge on any atom is 0.357 e. The van der Waals surface area contributed by atoms with Crippen LogP contribution in [-0.2, 0) is 0 Å². The van der Waals surface area contributed by atoms with Gasteiger partial charge in [0.25, 0.3) is 0 Å². The Morgan fingerprint density at radius 1 is 1.23 bits per heavy atom. The number of pyridine rings is 1. The van der Waals surface area contributed by atoms with Crippen LogP contribution in [0.1, 0.15) is 0 Å². The van der Waals surface area contributed by atoms with Crippen LogP contribution in [-0.4, -0.2) is 32.2 Å². The summed E-state index contributed by atoms with van der Waals surface area (Å²) in [6, 6.07) is 10.3. The Bertz CT molecular complexity index is 631. The lowest BCUT2D eigenvalue weighted by Crippen LogP contribution is -2.29. The van der Waals surface area contributed by atoms with Crippen LogP contribution in [0, 0.1) is 10.1 Å². The third-order valence-corrected chi connectivity index (χ3v) is 3.15. The molecule has 1 aromatic carbocycles. The molecule has 0 aliphatic rings. The predicted octanol–water partition coefficient (Wildman–Crippen LogP) is 1.93. The molecule has 0 amide bonds. The minimum Gasteiger partial charge on any atom is -0.497 e. The van der Waals surface area contributed by atoms with Gasteiger partial charge in [0.2, 0.25) is 0 Å². The van der Waals surface area contributed by atoms with Crippen molar-refractivity contribution in [3.05, 3.63) is 52.7 Å². The molecular formula is C15H18N3O4+. The summed E-state index contributed by atoms with van der Waals surface area (Å²) >= 11 is 0. The van der Waals surface area contributed by atoms with E-state index in [-0.39, 0.29) is 5.69 Å². The number of hydrogen-bond donors (Lipinski definition) is 0. The van der Waals surface area contributed by atoms with E-state index in [1.807, 2.05) is 24.3 Å². The Labute approximate surface area is 128 Å². The van der Waals surface area contributed by atoms with E-state index in [1.54, 1.807) is 31.3 Å². The number of hydrogen-bond acceptors (Lipinski definition) is 5. The van der Waals surface area contributed by atoms with E-state index in [9.17, 15) is 10.1 Å². The number of nitro groups is 1. The standard InChI is InChI=1S/C15H17N3O4/c1-17(15-14(18(19)20)4-3-9-16-15)10-11-22-13-7-5-12(21-2)6-8-13/h3-9H,10-11H2,1-2H3/p+1. The minimum atomic E-state index is -0.410. The maximum atomic E-state index is 11.0. The topological polar surface area (TPSA) is 79.0 Å². The molecule has 0 saturated heterocycles. The van der Waals surface area contributed by atoms with Crippen LogP contribution in [0.5, 0.6) is 11.5 Å². The molecule has 0 aliphatic heterocycles. The van der Waals surface area contributed by atoms with E-state index >= 15 is 0 Å². The van der Waals surface area contributed by atoms with Gasteiger partial charge >= 0.3 is 11.5 Å². The number of likely N-dealkylation sites (N-methyl/N-ethyl adjacent to an activating group) is 1. The highest BCUT2D eigenvalue weighted by Crippen LogP contribution is 2.21. The fraction of sp³-hybridized carbons (Fsp3) is 0.267. The van der Waals surface area contributed by atoms with Gasteiger partial charge in [-0.2, -0.15) is 0 Å². The molecule has 0 bridgehead atoms. The first-order valence-corrected chi connectivity index (χ1v) is 6.75. The van der Waals surface area contributed by atoms with Crippen molar-refractivity contribution in [1.29, 1.82) is 0 Å². The zero-order valence-electron chi connectivity index (χ0n) is 12.5. The van der Waals surface area contributed by atoms with Crippen LogP contribution in [0.3, 0.4) is 0 Å². The highest BCUT2D eigenvalue weighted by molar-refractivity contribution is 5.52. The number of rotatable bonds is 7. The van der Waals surface area contributed by atoms with Crippen molar-refractivity contribution in [1.82, 2.24) is 0 Å². The first-order valence-electron chi connectivity index (χ1n) is 6.75. The van der Waals surface area contributed by atoms with Gasteiger partial charge in [-0.25, -0.2) is 4.98 Å². The van der Waals surface area contributed by atoms with E-state index in [2.05, 4.69) is 4.98 Å². The number of aromatic nitrogens is 1. The third-order valence-electron chi connectivity index (χ3n) is 3.15. The highest BCUT2D eigenvalue weighted by atomic mass is 16.6. The van der Waals surface area contributed by atoms with Crippen LogP contribution in [0.15, 0.2) is 42.6 Å². The average molecular weight is 304 g/mol. The molecule has 0 aliphatic carbocycles. The summed E-state index contributed by atoms with van der Waals surface area (Å²) in [6.45, 7) is 0.913. The number of aromatic amines is 1. The van der Waals surface area contributed by atoms with Crippen LogP contribution in [0.4, 0.5) is 11.5 Å². The van der Waals surface area contributed by atoms with Crippen molar-refractivity contribution in [3.8, 4) is 11.5 Å². The van der Waals surface area contributed by atoms with Crippen LogP contribution in [0.2, 0.25) is 0 Å². The zero-order chi connectivity index (χ0) is 15.9. The molecule has 0 spiro atoms. The van der Waals surface area contributed by atoms with Gasteiger partial charge in [-0.15, -0.1) is 0 Å². The van der Waals surface area contributed by atoms with Crippen LogP contribution in [0.25, 0.3) is 0 Å². The number of methoxy groups -OCH3 is 1. The smallest absolute Gasteiger partial charge is 0.357 e. The predicted molar refractivity (Wildman–Crippen MR) is 81.4 cm³/mol. The summed E-state index contributed by atoms with van der Waals surface area (Å²) in [7, 11) is 3.38. The number of benzene rings is 1. The second-order valence-corrected chi connectivity index (χ2v) is 4.61. The Hall–Kier alpha value is -2.83. The molecule has 1 aromatic heterocycles. The maximum absolute atomic E-state index is 11.0. The molecule has 7 heteroatoms. The summed E-state index contributed by atoms with van der Waals surface area (Å²) in [5.74, 6) is 1.94. The summed E-state index contributed by atoms with van der Waals surface area (Å²) in [6.07, 6.45) is 1.66. The number of nitrogens with one attached hydrogen (secondary N) is 1. The van der Waals surface area contributed by atoms with Crippen LogP contribution < -0.4 is 19.4 Å². The van der Waals surface area contributed by atoms with Gasteiger partial charge in [0, 0.05) is 6.07 Å². The van der Waals surface area contributed by atoms with Crippen LogP contribution >= 0.6 is 0 Å². The number of nitrogens with zero attached hydrogens (tertiary/aromatic N) is 2. The molecule has 0 unspecified atom stereocenters. The normalized spacial score (nSPS) is 10.1. The minimum absolute atomic E-state index is 0.0365. The number of H-pyrrole nitrogens is 1. The van der Waals surface area contributed by atoms with Crippen molar-refractivity contribution in [2.75, 3.05) is 32.2 Å². The SMILES string of the molecule is COc1ccc(OCCN(C)c2[nH+]cccc2[N+](=O)[O-])cc1. The molecule has 7 nitrogen and oxygen atoms in total. The Morgan fingerprint density at radius 2 is 1.91 bits per heavy atom. The largest absolute Gasteiger partial charge is 0.497 e. The van der Waals surface area contributed by atoms with Gasteiger partial charge in [0.15, 0.2) is 0 Å². The van der Waals surface area contributed by atoms with Gasteiger partial charge in [0.05, 0.1) is 25.3 Å². The lowest BCUT2D eigenvalue weighted by molar-refractivity contribution is -0.411. The first-order chi connectivity index (χ1) is 10.6. The molecule has 116 valence electrons. The quantitative estimate of drug-likeness (QED) is 0.577. The van der Waals surface area contributed by atoms with E-state index in [1.165, 1.54) is 6.07 Å². The molecule has 0 fully saturated rings. The fourth-order valence-electron chi connectivity index (χ4n) is 1.96. The monoisotopic (exact) mass is 304 g/mol. The van der Waals surface area contributed by atoms with Gasteiger partial charge < -0.3 is 9.47 Å². The van der Waals surface area contributed by atoms with Gasteiger partial charge in [-0.05, 0) is 30.3 Å². The van der Waals surface area contributed by atoms with Crippen molar-refractivity contribution < 1.29 is 19.4 Å². The summed E-state index contributed by atoms with van der Waals surface area (Å²) in [5, 5.41) is 11.0. The summed E-state index contributed by atoms with van der Waals surface area (Å²) < 4.78 is 10.7. The van der Waals surface area contributed by atoms with E-state index in [0.717, 1.165) is 11.5 Å². The first kappa shape index (κ1) is 15.6. The van der Waals surface area contributed by atoms with E-state index in [4.69, 9.17) is 9.47 Å². The Morgan fingerprint density at radius 3 is 2.55 bits per heavy atom.